The topological polar surface area (TPSA) is 103 Å². The first-order valence-electron chi connectivity index (χ1n) is 10.1. The van der Waals surface area contributed by atoms with Crippen molar-refractivity contribution < 1.29 is 19.0 Å². The number of halogens is 1. The first-order valence-corrected chi connectivity index (χ1v) is 10.1. The van der Waals surface area contributed by atoms with Crippen LogP contribution in [0.2, 0.25) is 0 Å². The number of benzene rings is 2. The Balaban J connectivity index is 1.52. The molecule has 0 bridgehead atoms. The van der Waals surface area contributed by atoms with Gasteiger partial charge in [0, 0.05) is 36.0 Å². The number of carbonyl (C=O) groups is 1. The number of aliphatic carboxylic acids is 1. The predicted octanol–water partition coefficient (Wildman–Crippen LogP) is 4.80. The standard InChI is InChI=1S/C24H19FN4O3/c25-19-13-17(32-16-4-2-1-3-5-16)6-7-18(19)21-22-23(26)27-8-9-29(22)24(28-21)15-10-14(11-15)12-20(30)31/h1-9,12-13,15H,10-11H2,(H2,26,27)(H,30,31). The molecule has 160 valence electrons. The molecule has 8 heteroatoms. The number of fused-ring (bicyclic) bond motifs is 1. The summed E-state index contributed by atoms with van der Waals surface area (Å²) in [5, 5.41) is 8.94. The third kappa shape index (κ3) is 3.56. The fraction of sp³-hybridized carbons (Fsp3) is 0.125. The SMILES string of the molecule is Nc1nccn2c(C3CC(=CC(=O)O)C3)nc(-c3ccc(Oc4ccccc4)cc3F)c12. The van der Waals surface area contributed by atoms with E-state index < -0.39 is 11.8 Å². The number of ether oxygens (including phenoxy) is 1. The molecule has 2 aromatic heterocycles. The number of carboxylic acids is 1. The van der Waals surface area contributed by atoms with Gasteiger partial charge < -0.3 is 15.6 Å². The average molecular weight is 430 g/mol. The van der Waals surface area contributed by atoms with E-state index in [1.165, 1.54) is 12.1 Å². The molecule has 0 saturated heterocycles. The fourth-order valence-electron chi connectivity index (χ4n) is 3.99. The van der Waals surface area contributed by atoms with E-state index in [-0.39, 0.29) is 17.3 Å². The van der Waals surface area contributed by atoms with Gasteiger partial charge in [-0.05, 0) is 37.1 Å². The first kappa shape index (κ1) is 19.7. The van der Waals surface area contributed by atoms with Gasteiger partial charge in [0.15, 0.2) is 0 Å². The Morgan fingerprint density at radius 2 is 1.97 bits per heavy atom. The predicted molar refractivity (Wildman–Crippen MR) is 117 cm³/mol. The summed E-state index contributed by atoms with van der Waals surface area (Å²) < 4.78 is 22.7. The summed E-state index contributed by atoms with van der Waals surface area (Å²) >= 11 is 0. The van der Waals surface area contributed by atoms with Gasteiger partial charge in [0.1, 0.15) is 40.2 Å². The Kier molecular flexibility index (Phi) is 4.82. The third-order valence-electron chi connectivity index (χ3n) is 5.49. The third-order valence-corrected chi connectivity index (χ3v) is 5.49. The van der Waals surface area contributed by atoms with Gasteiger partial charge in [0.05, 0.1) is 0 Å². The summed E-state index contributed by atoms with van der Waals surface area (Å²) in [6, 6.07) is 13.7. The van der Waals surface area contributed by atoms with Crippen LogP contribution in [0.1, 0.15) is 24.6 Å². The van der Waals surface area contributed by atoms with Gasteiger partial charge in [0.25, 0.3) is 0 Å². The Labute approximate surface area is 182 Å². The molecule has 0 amide bonds. The summed E-state index contributed by atoms with van der Waals surface area (Å²) in [7, 11) is 0. The Hall–Kier alpha value is -4.20. The number of aromatic nitrogens is 3. The second-order valence-electron chi connectivity index (χ2n) is 7.65. The first-order chi connectivity index (χ1) is 15.5. The van der Waals surface area contributed by atoms with Gasteiger partial charge >= 0.3 is 5.97 Å². The van der Waals surface area contributed by atoms with Crippen LogP contribution < -0.4 is 10.5 Å². The van der Waals surface area contributed by atoms with E-state index in [4.69, 9.17) is 20.6 Å². The number of para-hydroxylation sites is 1. The van der Waals surface area contributed by atoms with Gasteiger partial charge in [-0.25, -0.2) is 19.2 Å². The molecule has 0 unspecified atom stereocenters. The molecule has 1 aliphatic carbocycles. The van der Waals surface area contributed by atoms with E-state index in [2.05, 4.69) is 4.98 Å². The van der Waals surface area contributed by atoms with Crippen molar-refractivity contribution in [1.29, 1.82) is 0 Å². The number of allylic oxidation sites excluding steroid dienone is 1. The van der Waals surface area contributed by atoms with Crippen LogP contribution in [0.3, 0.4) is 0 Å². The molecule has 0 atom stereocenters. The lowest BCUT2D eigenvalue weighted by molar-refractivity contribution is -0.131. The Morgan fingerprint density at radius 3 is 2.69 bits per heavy atom. The quantitative estimate of drug-likeness (QED) is 0.441. The second kappa shape index (κ2) is 7.81. The van der Waals surface area contributed by atoms with Gasteiger partial charge in [-0.3, -0.25) is 4.40 Å². The molecule has 3 N–H and O–H groups in total. The number of nitrogens with two attached hydrogens (primary N) is 1. The maximum atomic E-state index is 15.1. The maximum Gasteiger partial charge on any atom is 0.328 e. The molecular weight excluding hydrogens is 411 g/mol. The highest BCUT2D eigenvalue weighted by molar-refractivity contribution is 5.86. The summed E-state index contributed by atoms with van der Waals surface area (Å²) in [5.41, 5.74) is 8.18. The summed E-state index contributed by atoms with van der Waals surface area (Å²) in [4.78, 5) is 19.8. The van der Waals surface area contributed by atoms with Crippen molar-refractivity contribution in [3.8, 4) is 22.8 Å². The number of carboxylic acid groups (broad SMARTS) is 1. The lowest BCUT2D eigenvalue weighted by Gasteiger charge is -2.27. The maximum absolute atomic E-state index is 15.1. The smallest absolute Gasteiger partial charge is 0.328 e. The summed E-state index contributed by atoms with van der Waals surface area (Å²) in [5.74, 6) is 0.496. The van der Waals surface area contributed by atoms with E-state index in [0.29, 0.717) is 41.4 Å². The van der Waals surface area contributed by atoms with Crippen LogP contribution in [0.5, 0.6) is 11.5 Å². The molecule has 5 rings (SSSR count). The van der Waals surface area contributed by atoms with Crippen molar-refractivity contribution in [2.24, 2.45) is 0 Å². The Bertz CT molecular complexity index is 1360. The van der Waals surface area contributed by atoms with Crippen molar-refractivity contribution in [1.82, 2.24) is 14.4 Å². The normalized spacial score (nSPS) is 15.4. The van der Waals surface area contributed by atoms with E-state index >= 15 is 4.39 Å². The number of anilines is 1. The molecule has 1 aliphatic rings. The van der Waals surface area contributed by atoms with Crippen molar-refractivity contribution in [2.75, 3.05) is 5.73 Å². The van der Waals surface area contributed by atoms with Crippen LogP contribution >= 0.6 is 0 Å². The number of rotatable bonds is 5. The van der Waals surface area contributed by atoms with Crippen LogP contribution in [0, 0.1) is 5.82 Å². The molecule has 0 spiro atoms. The molecule has 2 heterocycles. The minimum Gasteiger partial charge on any atom is -0.478 e. The number of hydrogen-bond donors (Lipinski definition) is 2. The Morgan fingerprint density at radius 1 is 1.19 bits per heavy atom. The van der Waals surface area contributed by atoms with Crippen LogP contribution in [0.4, 0.5) is 10.2 Å². The monoisotopic (exact) mass is 430 g/mol. The van der Waals surface area contributed by atoms with Crippen molar-refractivity contribution in [3.05, 3.63) is 84.2 Å². The highest BCUT2D eigenvalue weighted by Gasteiger charge is 2.31. The molecule has 0 radical (unpaired) electrons. The average Bonchev–Trinajstić information content (AvgIpc) is 3.11. The molecule has 4 aromatic rings. The van der Waals surface area contributed by atoms with Crippen LogP contribution in [0.15, 0.2) is 72.6 Å². The minimum absolute atomic E-state index is 0.0207. The lowest BCUT2D eigenvalue weighted by Crippen LogP contribution is -2.17. The number of nitrogen functional groups attached to an aromatic ring is 1. The molecule has 1 saturated carbocycles. The van der Waals surface area contributed by atoms with Gasteiger partial charge in [-0.1, -0.05) is 23.8 Å². The highest BCUT2D eigenvalue weighted by atomic mass is 19.1. The number of hydrogen-bond acceptors (Lipinski definition) is 5. The van der Waals surface area contributed by atoms with Gasteiger partial charge in [-0.15, -0.1) is 0 Å². The zero-order chi connectivity index (χ0) is 22.2. The van der Waals surface area contributed by atoms with E-state index in [1.807, 2.05) is 22.6 Å². The fourth-order valence-corrected chi connectivity index (χ4v) is 3.99. The van der Waals surface area contributed by atoms with E-state index in [1.54, 1.807) is 36.7 Å². The summed E-state index contributed by atoms with van der Waals surface area (Å²) in [6.07, 6.45) is 5.70. The number of nitrogens with zero attached hydrogens (tertiary/aromatic N) is 3. The molecule has 7 nitrogen and oxygen atoms in total. The largest absolute Gasteiger partial charge is 0.478 e. The van der Waals surface area contributed by atoms with E-state index in [9.17, 15) is 4.79 Å². The zero-order valence-electron chi connectivity index (χ0n) is 16.9. The van der Waals surface area contributed by atoms with Gasteiger partial charge in [0.2, 0.25) is 0 Å². The van der Waals surface area contributed by atoms with E-state index in [0.717, 1.165) is 5.57 Å². The van der Waals surface area contributed by atoms with Crippen LogP contribution in [-0.4, -0.2) is 25.4 Å². The lowest BCUT2D eigenvalue weighted by atomic mass is 9.79. The molecule has 2 aromatic carbocycles. The minimum atomic E-state index is -0.958. The van der Waals surface area contributed by atoms with Gasteiger partial charge in [-0.2, -0.15) is 0 Å². The van der Waals surface area contributed by atoms with Crippen molar-refractivity contribution in [2.45, 2.75) is 18.8 Å². The molecular formula is C24H19FN4O3. The molecule has 32 heavy (non-hydrogen) atoms. The summed E-state index contributed by atoms with van der Waals surface area (Å²) in [6.45, 7) is 0. The zero-order valence-corrected chi connectivity index (χ0v) is 16.9. The second-order valence-corrected chi connectivity index (χ2v) is 7.65. The highest BCUT2D eigenvalue weighted by Crippen LogP contribution is 2.43. The van der Waals surface area contributed by atoms with Crippen LogP contribution in [0.25, 0.3) is 16.8 Å². The van der Waals surface area contributed by atoms with Crippen molar-refractivity contribution >= 4 is 17.3 Å². The molecule has 0 aliphatic heterocycles. The number of imidazole rings is 1. The van der Waals surface area contributed by atoms with Crippen LogP contribution in [-0.2, 0) is 4.79 Å². The molecule has 1 fully saturated rings. The van der Waals surface area contributed by atoms with Crippen molar-refractivity contribution in [3.63, 3.8) is 0 Å².